The molecule has 0 aromatic rings. The highest BCUT2D eigenvalue weighted by Gasteiger charge is 2.51. The number of aliphatic hydroxyl groups excluding tert-OH is 8. The summed E-state index contributed by atoms with van der Waals surface area (Å²) in [6.45, 7) is 2.68. The minimum atomic E-state index is -1.80. The molecule has 0 aromatic carbocycles. The third kappa shape index (κ3) is 44.4. The Hall–Kier alpha value is -3.35. The number of aliphatic hydroxyl groups is 8. The van der Waals surface area contributed by atoms with Crippen LogP contribution in [0.1, 0.15) is 284 Å². The molecule has 0 radical (unpaired) electrons. The van der Waals surface area contributed by atoms with Gasteiger partial charge in [-0.05, 0) is 96.3 Å². The van der Waals surface area contributed by atoms with Gasteiger partial charge in [0.15, 0.2) is 12.6 Å². The number of allylic oxidation sites excluding steroid dienone is 17. The van der Waals surface area contributed by atoms with Crippen molar-refractivity contribution in [1.82, 2.24) is 5.32 Å². The number of carbonyl (C=O) groups excluding carboxylic acids is 1. The second kappa shape index (κ2) is 61.3. The van der Waals surface area contributed by atoms with Crippen LogP contribution in [0.15, 0.2) is 109 Å². The minimum Gasteiger partial charge on any atom is -0.394 e. The van der Waals surface area contributed by atoms with Gasteiger partial charge in [0.2, 0.25) is 5.91 Å². The van der Waals surface area contributed by atoms with Crippen molar-refractivity contribution in [2.24, 2.45) is 0 Å². The molecule has 2 fully saturated rings. The second-order valence-electron chi connectivity index (χ2n) is 25.7. The zero-order valence-electron chi connectivity index (χ0n) is 57.8. The molecule has 0 saturated carbocycles. The molecular formula is C78H135NO13. The molecule has 1 amide bonds. The number of hydrogen-bond donors (Lipinski definition) is 9. The minimum absolute atomic E-state index is 0.254. The zero-order valence-corrected chi connectivity index (χ0v) is 57.8. The second-order valence-corrected chi connectivity index (χ2v) is 25.7. The van der Waals surface area contributed by atoms with Crippen LogP contribution in [0, 0.1) is 0 Å². The standard InChI is InChI=1S/C78H135NO13/c1-3-5-7-9-11-13-15-17-19-21-23-25-27-28-29-30-31-32-33-34-35-36-37-38-40-42-44-46-48-50-52-54-56-58-60-62-70(83)79-66(65-89-77-75(88)73(86)76(69(64-81)91-77)92-78-74(87)72(85)71(84)68(63-80)90-78)67(82)61-59-57-55-53-51-49-47-45-43-41-39-26-24-22-20-18-16-14-12-10-8-6-4-2/h5,7,11,13,17,19,23,25,28-29,31-32,43,45,51,53,59,61,66-69,71-78,80-82,84-88H,3-4,6,8-10,12,14-16,18,20-22,24,26-27,30,33-42,44,46-50,52,54-58,60,62-65H2,1-2H3,(H,79,83)/b7-5-,13-11-,19-17-,25-23-,29-28-,32-31-,45-43+,53-51+,61-59+. The summed E-state index contributed by atoms with van der Waals surface area (Å²) >= 11 is 0. The van der Waals surface area contributed by atoms with Crippen molar-refractivity contribution in [3.8, 4) is 0 Å². The summed E-state index contributed by atoms with van der Waals surface area (Å²) < 4.78 is 22.9. The molecule has 12 atom stereocenters. The van der Waals surface area contributed by atoms with Crippen molar-refractivity contribution < 1.29 is 64.6 Å². The van der Waals surface area contributed by atoms with E-state index in [9.17, 15) is 45.6 Å². The van der Waals surface area contributed by atoms with E-state index in [1.54, 1.807) is 6.08 Å². The molecule has 2 heterocycles. The first-order valence-electron chi connectivity index (χ1n) is 37.1. The summed E-state index contributed by atoms with van der Waals surface area (Å²) in [5.74, 6) is -0.254. The zero-order chi connectivity index (χ0) is 66.6. The van der Waals surface area contributed by atoms with E-state index in [1.165, 1.54) is 167 Å². The molecule has 2 rings (SSSR count). The van der Waals surface area contributed by atoms with Gasteiger partial charge in [0.25, 0.3) is 0 Å². The van der Waals surface area contributed by atoms with Crippen LogP contribution < -0.4 is 5.32 Å². The van der Waals surface area contributed by atoms with Crippen molar-refractivity contribution in [1.29, 1.82) is 0 Å². The molecule has 2 aliphatic rings. The normalized spacial score (nSPS) is 23.3. The lowest BCUT2D eigenvalue weighted by Gasteiger charge is -2.46. The number of hydrogen-bond acceptors (Lipinski definition) is 13. The molecule has 0 bridgehead atoms. The van der Waals surface area contributed by atoms with E-state index in [0.717, 1.165) is 83.5 Å². The van der Waals surface area contributed by atoms with Gasteiger partial charge in [-0.25, -0.2) is 0 Å². The molecule has 9 N–H and O–H groups in total. The maximum absolute atomic E-state index is 13.4. The highest BCUT2D eigenvalue weighted by atomic mass is 16.7. The Morgan fingerprint density at radius 3 is 1.20 bits per heavy atom. The summed E-state index contributed by atoms with van der Waals surface area (Å²) in [5.41, 5.74) is 0. The smallest absolute Gasteiger partial charge is 0.220 e. The number of ether oxygens (including phenoxy) is 4. The van der Waals surface area contributed by atoms with E-state index < -0.39 is 86.8 Å². The third-order valence-corrected chi connectivity index (χ3v) is 17.4. The van der Waals surface area contributed by atoms with Crippen LogP contribution in [0.4, 0.5) is 0 Å². The van der Waals surface area contributed by atoms with Gasteiger partial charge in [-0.1, -0.05) is 290 Å². The Balaban J connectivity index is 1.66. The molecule has 92 heavy (non-hydrogen) atoms. The van der Waals surface area contributed by atoms with Crippen molar-refractivity contribution in [2.75, 3.05) is 19.8 Å². The van der Waals surface area contributed by atoms with E-state index in [0.29, 0.717) is 12.8 Å². The average Bonchev–Trinajstić information content (AvgIpc) is 0.830. The maximum atomic E-state index is 13.4. The molecular weight excluding hydrogens is 1160 g/mol. The van der Waals surface area contributed by atoms with Crippen molar-refractivity contribution in [3.63, 3.8) is 0 Å². The van der Waals surface area contributed by atoms with Gasteiger partial charge >= 0.3 is 0 Å². The Labute approximate surface area is 559 Å². The number of carbonyl (C=O) groups is 1. The summed E-state index contributed by atoms with van der Waals surface area (Å²) in [5, 5.41) is 87.5. The lowest BCUT2D eigenvalue weighted by Crippen LogP contribution is -2.65. The molecule has 0 spiro atoms. The lowest BCUT2D eigenvalue weighted by atomic mass is 9.97. The van der Waals surface area contributed by atoms with Crippen LogP contribution in [0.5, 0.6) is 0 Å². The molecule has 14 heteroatoms. The van der Waals surface area contributed by atoms with Gasteiger partial charge in [-0.3, -0.25) is 4.79 Å². The number of nitrogens with one attached hydrogen (secondary N) is 1. The monoisotopic (exact) mass is 1290 g/mol. The van der Waals surface area contributed by atoms with Gasteiger partial charge in [0, 0.05) is 6.42 Å². The molecule has 2 saturated heterocycles. The van der Waals surface area contributed by atoms with Crippen molar-refractivity contribution >= 4 is 5.91 Å². The maximum Gasteiger partial charge on any atom is 0.220 e. The van der Waals surface area contributed by atoms with E-state index >= 15 is 0 Å². The number of unbranched alkanes of at least 4 members (excludes halogenated alkanes) is 31. The largest absolute Gasteiger partial charge is 0.394 e. The first-order chi connectivity index (χ1) is 45.1. The molecule has 12 unspecified atom stereocenters. The number of amides is 1. The molecule has 0 aliphatic carbocycles. The van der Waals surface area contributed by atoms with Gasteiger partial charge < -0.3 is 65.1 Å². The van der Waals surface area contributed by atoms with E-state index in [-0.39, 0.29) is 18.9 Å². The third-order valence-electron chi connectivity index (χ3n) is 17.4. The summed E-state index contributed by atoms with van der Waals surface area (Å²) in [7, 11) is 0. The van der Waals surface area contributed by atoms with Gasteiger partial charge in [0.05, 0.1) is 32.0 Å². The topological polar surface area (TPSA) is 228 Å². The molecule has 2 aliphatic heterocycles. The summed E-state index contributed by atoms with van der Waals surface area (Å²) in [6.07, 6.45) is 71.5. The van der Waals surface area contributed by atoms with Crippen LogP contribution >= 0.6 is 0 Å². The van der Waals surface area contributed by atoms with Crippen LogP contribution in [0.2, 0.25) is 0 Å². The molecule has 0 aromatic heterocycles. The molecule has 530 valence electrons. The predicted octanol–water partition coefficient (Wildman–Crippen LogP) is 15.9. The SMILES string of the molecule is CC/C=C\C/C=C\C/C=C\C/C=C\C/C=C\C/C=C\CCCCCCCCCCCCCCCCCCC(=O)NC(COC1OC(CO)C(OC2OC(CO)C(O)C(O)C2O)C(O)C1O)C(O)/C=C/CC/C=C/CC/C=C/CCCCCCCCCCCCCCC. The van der Waals surface area contributed by atoms with Crippen LogP contribution in [-0.4, -0.2) is 140 Å². The van der Waals surface area contributed by atoms with Gasteiger partial charge in [-0.2, -0.15) is 0 Å². The van der Waals surface area contributed by atoms with E-state index in [2.05, 4.69) is 116 Å². The Morgan fingerprint density at radius 1 is 0.402 bits per heavy atom. The van der Waals surface area contributed by atoms with Crippen LogP contribution in [0.3, 0.4) is 0 Å². The first kappa shape index (κ1) is 84.7. The summed E-state index contributed by atoms with van der Waals surface area (Å²) in [6, 6.07) is -0.945. The van der Waals surface area contributed by atoms with Crippen LogP contribution in [0.25, 0.3) is 0 Å². The van der Waals surface area contributed by atoms with Gasteiger partial charge in [0.1, 0.15) is 48.8 Å². The Kier molecular flexibility index (Phi) is 56.4. The lowest BCUT2D eigenvalue weighted by molar-refractivity contribution is -0.359. The van der Waals surface area contributed by atoms with E-state index in [1.807, 2.05) is 6.08 Å². The van der Waals surface area contributed by atoms with Gasteiger partial charge in [-0.15, -0.1) is 0 Å². The average molecular weight is 1290 g/mol. The fourth-order valence-electron chi connectivity index (χ4n) is 11.6. The highest BCUT2D eigenvalue weighted by molar-refractivity contribution is 5.76. The highest BCUT2D eigenvalue weighted by Crippen LogP contribution is 2.30. The summed E-state index contributed by atoms with van der Waals surface area (Å²) in [4.78, 5) is 13.4. The quantitative estimate of drug-likeness (QED) is 0.0204. The Morgan fingerprint density at radius 2 is 0.761 bits per heavy atom. The fraction of sp³-hybridized carbons (Fsp3) is 0.756. The Bertz CT molecular complexity index is 1960. The first-order valence-corrected chi connectivity index (χ1v) is 37.1. The number of rotatable bonds is 60. The predicted molar refractivity (Wildman–Crippen MR) is 378 cm³/mol. The molecule has 14 nitrogen and oxygen atoms in total. The van der Waals surface area contributed by atoms with Crippen molar-refractivity contribution in [2.45, 2.75) is 357 Å². The fourth-order valence-corrected chi connectivity index (χ4v) is 11.6. The van der Waals surface area contributed by atoms with E-state index in [4.69, 9.17) is 18.9 Å². The van der Waals surface area contributed by atoms with Crippen LogP contribution in [-0.2, 0) is 23.7 Å². The van der Waals surface area contributed by atoms with Crippen molar-refractivity contribution in [3.05, 3.63) is 109 Å².